The minimum absolute atomic E-state index is 0.118. The number of aliphatic hydroxyl groups excluding tert-OH is 2. The Morgan fingerprint density at radius 2 is 2.32 bits per heavy atom. The molecular formula is C11H15N3O4S. The Bertz CT molecular complexity index is 478. The number of hydrogen-bond donors (Lipinski definition) is 2. The van der Waals surface area contributed by atoms with Crippen LogP contribution in [0.4, 0.5) is 10.7 Å². The van der Waals surface area contributed by atoms with Crippen LogP contribution in [-0.2, 0) is 5.75 Å². The summed E-state index contributed by atoms with van der Waals surface area (Å²) in [4.78, 5) is 14.1. The fraction of sp³-hybridized carbons (Fsp3) is 0.455. The summed E-state index contributed by atoms with van der Waals surface area (Å²) >= 11 is 1.56. The van der Waals surface area contributed by atoms with Crippen molar-refractivity contribution in [1.82, 2.24) is 10.1 Å². The Morgan fingerprint density at radius 3 is 2.95 bits per heavy atom. The van der Waals surface area contributed by atoms with Crippen molar-refractivity contribution in [3.8, 4) is 0 Å². The normalized spacial score (nSPS) is 23.2. The van der Waals surface area contributed by atoms with Crippen LogP contribution < -0.4 is 4.90 Å². The van der Waals surface area contributed by atoms with E-state index in [0.717, 1.165) is 9.80 Å². The van der Waals surface area contributed by atoms with Crippen LogP contribution in [0.5, 0.6) is 0 Å². The summed E-state index contributed by atoms with van der Waals surface area (Å²) in [6, 6.07) is 1.02. The third kappa shape index (κ3) is 2.46. The molecule has 104 valence electrons. The van der Waals surface area contributed by atoms with Gasteiger partial charge in [0.25, 0.3) is 0 Å². The first kappa shape index (κ1) is 13.9. The summed E-state index contributed by atoms with van der Waals surface area (Å²) in [6.45, 7) is 3.64. The van der Waals surface area contributed by atoms with Crippen molar-refractivity contribution in [3.05, 3.63) is 24.4 Å². The maximum absolute atomic E-state index is 12.1. The summed E-state index contributed by atoms with van der Waals surface area (Å²) in [5.41, 5.74) is 0.666. The average Bonchev–Trinajstić information content (AvgIpc) is 2.90. The van der Waals surface area contributed by atoms with Gasteiger partial charge in [-0.25, -0.2) is 9.69 Å². The molecule has 2 amide bonds. The van der Waals surface area contributed by atoms with E-state index in [1.54, 1.807) is 17.8 Å². The van der Waals surface area contributed by atoms with Crippen molar-refractivity contribution in [3.63, 3.8) is 0 Å². The minimum atomic E-state index is -1.39. The Kier molecular flexibility index (Phi) is 4.13. The van der Waals surface area contributed by atoms with E-state index in [4.69, 9.17) is 4.52 Å². The van der Waals surface area contributed by atoms with Crippen molar-refractivity contribution in [2.24, 2.45) is 0 Å². The molecule has 2 heterocycles. The van der Waals surface area contributed by atoms with E-state index in [-0.39, 0.29) is 12.4 Å². The summed E-state index contributed by atoms with van der Waals surface area (Å²) < 4.78 is 5.03. The smallest absolute Gasteiger partial charge is 0.331 e. The lowest BCUT2D eigenvalue weighted by molar-refractivity contribution is -0.0242. The van der Waals surface area contributed by atoms with Crippen LogP contribution in [0.25, 0.3) is 0 Å². The van der Waals surface area contributed by atoms with Crippen molar-refractivity contribution < 1.29 is 19.5 Å². The van der Waals surface area contributed by atoms with Crippen molar-refractivity contribution in [1.29, 1.82) is 0 Å². The molecule has 2 N–H and O–H groups in total. The predicted molar refractivity (Wildman–Crippen MR) is 70.5 cm³/mol. The van der Waals surface area contributed by atoms with Crippen molar-refractivity contribution in [2.75, 3.05) is 17.7 Å². The van der Waals surface area contributed by atoms with E-state index in [1.165, 1.54) is 6.08 Å². The third-order valence-corrected chi connectivity index (χ3v) is 3.29. The van der Waals surface area contributed by atoms with E-state index in [0.29, 0.717) is 11.4 Å². The van der Waals surface area contributed by atoms with E-state index in [1.807, 2.05) is 6.26 Å². The van der Waals surface area contributed by atoms with Gasteiger partial charge >= 0.3 is 6.03 Å². The summed E-state index contributed by atoms with van der Waals surface area (Å²) in [5, 5.41) is 23.5. The van der Waals surface area contributed by atoms with Gasteiger partial charge in [0.1, 0.15) is 0 Å². The second-order valence-corrected chi connectivity index (χ2v) is 4.88. The molecular weight excluding hydrogens is 270 g/mol. The first-order valence-electron chi connectivity index (χ1n) is 5.61. The Labute approximate surface area is 114 Å². The van der Waals surface area contributed by atoms with Crippen LogP contribution in [0.15, 0.2) is 23.2 Å². The molecule has 2 atom stereocenters. The molecule has 2 rings (SSSR count). The third-order valence-electron chi connectivity index (χ3n) is 2.70. The van der Waals surface area contributed by atoms with Crippen molar-refractivity contribution in [2.45, 2.75) is 18.2 Å². The van der Waals surface area contributed by atoms with Crippen LogP contribution in [-0.4, -0.2) is 51.6 Å². The maximum Gasteiger partial charge on any atom is 0.331 e. The maximum atomic E-state index is 12.1. The van der Waals surface area contributed by atoms with E-state index in [2.05, 4.69) is 11.7 Å². The number of anilines is 1. The molecule has 7 nitrogen and oxygen atoms in total. The van der Waals surface area contributed by atoms with Crippen LogP contribution >= 0.6 is 11.8 Å². The molecule has 0 saturated carbocycles. The Morgan fingerprint density at radius 1 is 1.58 bits per heavy atom. The number of urea groups is 1. The second kappa shape index (κ2) is 5.64. The topological polar surface area (TPSA) is 90.0 Å². The fourth-order valence-electron chi connectivity index (χ4n) is 1.84. The molecule has 8 heteroatoms. The van der Waals surface area contributed by atoms with Gasteiger partial charge in [0, 0.05) is 18.4 Å². The first-order valence-corrected chi connectivity index (χ1v) is 7.01. The zero-order valence-electron chi connectivity index (χ0n) is 10.4. The van der Waals surface area contributed by atoms with Crippen LogP contribution in [0.1, 0.15) is 5.69 Å². The standard InChI is InChI=1S/C11H15N3O4S/c1-3-4-13-9(15)10(16)14(11(13)17)8-5-7(6-19-2)12-18-8/h3,5,9-10,15-16H,1,4,6H2,2H3. The highest BCUT2D eigenvalue weighted by Crippen LogP contribution is 2.28. The lowest BCUT2D eigenvalue weighted by atomic mass is 10.4. The predicted octanol–water partition coefficient (Wildman–Crippen LogP) is 0.602. The Balaban J connectivity index is 2.23. The molecule has 1 saturated heterocycles. The fourth-order valence-corrected chi connectivity index (χ4v) is 2.27. The van der Waals surface area contributed by atoms with Gasteiger partial charge in [0.15, 0.2) is 12.5 Å². The Hall–Kier alpha value is -1.51. The monoisotopic (exact) mass is 285 g/mol. The number of rotatable bonds is 5. The number of thioether (sulfide) groups is 1. The number of amides is 2. The molecule has 2 unspecified atom stereocenters. The van der Waals surface area contributed by atoms with Gasteiger partial charge in [-0.1, -0.05) is 11.2 Å². The highest BCUT2D eigenvalue weighted by atomic mass is 32.2. The quantitative estimate of drug-likeness (QED) is 0.770. The van der Waals surface area contributed by atoms with Gasteiger partial charge in [-0.2, -0.15) is 11.8 Å². The second-order valence-electron chi connectivity index (χ2n) is 4.01. The molecule has 19 heavy (non-hydrogen) atoms. The van der Waals surface area contributed by atoms with E-state index >= 15 is 0 Å². The number of carbonyl (C=O) groups excluding carboxylic acids is 1. The molecule has 1 aliphatic heterocycles. The molecule has 0 spiro atoms. The number of nitrogens with zero attached hydrogens (tertiary/aromatic N) is 3. The van der Waals surface area contributed by atoms with Crippen LogP contribution in [0.2, 0.25) is 0 Å². The van der Waals surface area contributed by atoms with Gasteiger partial charge < -0.3 is 14.7 Å². The zero-order chi connectivity index (χ0) is 14.0. The summed E-state index contributed by atoms with van der Waals surface area (Å²) in [7, 11) is 0. The molecule has 1 aromatic rings. The highest BCUT2D eigenvalue weighted by Gasteiger charge is 2.46. The molecule has 1 aromatic heterocycles. The first-order chi connectivity index (χ1) is 9.10. The lowest BCUT2D eigenvalue weighted by Crippen LogP contribution is -2.36. The van der Waals surface area contributed by atoms with E-state index < -0.39 is 18.5 Å². The summed E-state index contributed by atoms with van der Waals surface area (Å²) in [5.74, 6) is 0.757. The SMILES string of the molecule is C=CCN1C(=O)N(c2cc(CSC)no2)C(O)C1O. The molecule has 1 aliphatic rings. The highest BCUT2D eigenvalue weighted by molar-refractivity contribution is 7.97. The molecule has 0 aromatic carbocycles. The number of carbonyl (C=O) groups is 1. The molecule has 0 bridgehead atoms. The van der Waals surface area contributed by atoms with Gasteiger partial charge in [-0.05, 0) is 6.26 Å². The lowest BCUT2D eigenvalue weighted by Gasteiger charge is -2.16. The molecule has 0 radical (unpaired) electrons. The molecule has 1 fully saturated rings. The van der Waals surface area contributed by atoms with Crippen molar-refractivity contribution >= 4 is 23.7 Å². The zero-order valence-corrected chi connectivity index (χ0v) is 11.2. The van der Waals surface area contributed by atoms with Gasteiger partial charge in [-0.3, -0.25) is 4.90 Å². The largest absolute Gasteiger partial charge is 0.369 e. The average molecular weight is 285 g/mol. The van der Waals surface area contributed by atoms with E-state index in [9.17, 15) is 15.0 Å². The van der Waals surface area contributed by atoms with Gasteiger partial charge in [0.2, 0.25) is 5.88 Å². The van der Waals surface area contributed by atoms with Gasteiger partial charge in [-0.15, -0.1) is 6.58 Å². The number of aliphatic hydroxyl groups is 2. The molecule has 0 aliphatic carbocycles. The van der Waals surface area contributed by atoms with Crippen LogP contribution in [0, 0.1) is 0 Å². The van der Waals surface area contributed by atoms with Crippen LogP contribution in [0.3, 0.4) is 0 Å². The number of hydrogen-bond acceptors (Lipinski definition) is 6. The summed E-state index contributed by atoms with van der Waals surface area (Å²) in [6.07, 6.45) is 0.679. The number of aromatic nitrogens is 1. The van der Waals surface area contributed by atoms with Gasteiger partial charge in [0.05, 0.1) is 5.69 Å². The minimum Gasteiger partial charge on any atom is -0.369 e.